The van der Waals surface area contributed by atoms with Gasteiger partial charge in [-0.1, -0.05) is 20.3 Å². The number of esters is 1. The third-order valence-corrected chi connectivity index (χ3v) is 3.33. The molecular formula is C17H23F2NO3. The molecule has 4 nitrogen and oxygen atoms in total. The summed E-state index contributed by atoms with van der Waals surface area (Å²) in [5.41, 5.74) is -1.15. The molecule has 0 fully saturated rings. The first-order chi connectivity index (χ1) is 10.5. The van der Waals surface area contributed by atoms with E-state index in [9.17, 15) is 18.4 Å². The van der Waals surface area contributed by atoms with Gasteiger partial charge in [0.25, 0.3) is 5.91 Å². The lowest BCUT2D eigenvalue weighted by molar-refractivity contribution is -0.158. The first kappa shape index (κ1) is 19.1. The second-order valence-corrected chi connectivity index (χ2v) is 6.49. The summed E-state index contributed by atoms with van der Waals surface area (Å²) < 4.78 is 32.2. The van der Waals surface area contributed by atoms with Crippen LogP contribution in [0.2, 0.25) is 0 Å². The van der Waals surface area contributed by atoms with Crippen LogP contribution in [0.15, 0.2) is 18.2 Å². The van der Waals surface area contributed by atoms with Crippen molar-refractivity contribution in [1.29, 1.82) is 0 Å². The molecule has 0 unspecified atom stereocenters. The van der Waals surface area contributed by atoms with E-state index in [0.29, 0.717) is 6.42 Å². The first-order valence-corrected chi connectivity index (χ1v) is 7.54. The fourth-order valence-electron chi connectivity index (χ4n) is 1.92. The third kappa shape index (κ3) is 5.62. The van der Waals surface area contributed by atoms with Gasteiger partial charge in [-0.25, -0.2) is 13.6 Å². The number of carbonyl (C=O) groups is 2. The van der Waals surface area contributed by atoms with Crippen LogP contribution in [0.3, 0.4) is 0 Å². The van der Waals surface area contributed by atoms with Crippen molar-refractivity contribution < 1.29 is 23.1 Å². The van der Waals surface area contributed by atoms with Crippen molar-refractivity contribution in [3.8, 4) is 0 Å². The molecule has 1 aromatic carbocycles. The molecule has 1 amide bonds. The Morgan fingerprint density at radius 2 is 1.87 bits per heavy atom. The van der Waals surface area contributed by atoms with Gasteiger partial charge in [0.1, 0.15) is 23.3 Å². The largest absolute Gasteiger partial charge is 0.458 e. The van der Waals surface area contributed by atoms with E-state index < -0.39 is 40.7 Å². The lowest BCUT2D eigenvalue weighted by Gasteiger charge is -2.27. The Hall–Kier alpha value is -1.98. The molecule has 0 aliphatic heterocycles. The van der Waals surface area contributed by atoms with Gasteiger partial charge in [-0.2, -0.15) is 0 Å². The van der Waals surface area contributed by atoms with Crippen LogP contribution < -0.4 is 5.32 Å². The molecule has 0 heterocycles. The van der Waals surface area contributed by atoms with Gasteiger partial charge in [-0.15, -0.1) is 0 Å². The highest BCUT2D eigenvalue weighted by atomic mass is 19.1. The van der Waals surface area contributed by atoms with Crippen molar-refractivity contribution in [1.82, 2.24) is 5.32 Å². The van der Waals surface area contributed by atoms with Crippen LogP contribution in [0.5, 0.6) is 0 Å². The molecule has 6 heteroatoms. The van der Waals surface area contributed by atoms with Gasteiger partial charge in [0.2, 0.25) is 0 Å². The van der Waals surface area contributed by atoms with Crippen molar-refractivity contribution in [2.24, 2.45) is 5.92 Å². The van der Waals surface area contributed by atoms with Crippen LogP contribution in [-0.2, 0) is 9.53 Å². The van der Waals surface area contributed by atoms with Crippen LogP contribution in [-0.4, -0.2) is 23.5 Å². The number of halogens is 2. The van der Waals surface area contributed by atoms with Crippen LogP contribution in [0.4, 0.5) is 8.78 Å². The van der Waals surface area contributed by atoms with Crippen LogP contribution in [0, 0.1) is 17.6 Å². The Labute approximate surface area is 135 Å². The number of nitrogens with one attached hydrogen (secondary N) is 1. The van der Waals surface area contributed by atoms with E-state index in [2.05, 4.69) is 5.32 Å². The summed E-state index contributed by atoms with van der Waals surface area (Å²) in [6.45, 7) is 8.78. The van der Waals surface area contributed by atoms with E-state index >= 15 is 0 Å². The molecule has 2 atom stereocenters. The van der Waals surface area contributed by atoms with E-state index in [0.717, 1.165) is 18.2 Å². The van der Waals surface area contributed by atoms with E-state index in [1.54, 1.807) is 27.7 Å². The standard InChI is InChI=1S/C17H23F2NO3/c1-6-10(2)14(16(22)23-17(3,4)5)20-15(21)12-9-11(18)7-8-13(12)19/h7-10,14H,6H2,1-5H3,(H,20,21)/t10-,14-/m0/s1. The lowest BCUT2D eigenvalue weighted by atomic mass is 9.98. The topological polar surface area (TPSA) is 55.4 Å². The van der Waals surface area contributed by atoms with Gasteiger partial charge in [-0.05, 0) is 44.9 Å². The van der Waals surface area contributed by atoms with Crippen molar-refractivity contribution in [2.45, 2.75) is 52.7 Å². The first-order valence-electron chi connectivity index (χ1n) is 7.54. The Kier molecular flexibility index (Phi) is 6.24. The Morgan fingerprint density at radius 1 is 1.26 bits per heavy atom. The minimum Gasteiger partial charge on any atom is -0.458 e. The lowest BCUT2D eigenvalue weighted by Crippen LogP contribution is -2.48. The van der Waals surface area contributed by atoms with Gasteiger partial charge in [0, 0.05) is 0 Å². The van der Waals surface area contributed by atoms with Crippen LogP contribution in [0.1, 0.15) is 51.4 Å². The maximum Gasteiger partial charge on any atom is 0.329 e. The molecule has 1 rings (SSSR count). The SMILES string of the molecule is CC[C@H](C)[C@H](NC(=O)c1cc(F)ccc1F)C(=O)OC(C)(C)C. The quantitative estimate of drug-likeness (QED) is 0.843. The Bertz CT molecular complexity index is 582. The molecule has 1 aromatic rings. The zero-order valence-electron chi connectivity index (χ0n) is 14.1. The van der Waals surface area contributed by atoms with E-state index in [1.807, 2.05) is 6.92 Å². The highest BCUT2D eigenvalue weighted by Gasteiger charge is 2.31. The Morgan fingerprint density at radius 3 is 2.39 bits per heavy atom. The zero-order chi connectivity index (χ0) is 17.8. The summed E-state index contributed by atoms with van der Waals surface area (Å²) in [5, 5.41) is 2.45. The van der Waals surface area contributed by atoms with E-state index in [4.69, 9.17) is 4.74 Å². The molecule has 128 valence electrons. The average Bonchev–Trinajstić information content (AvgIpc) is 2.44. The minimum absolute atomic E-state index is 0.217. The number of ether oxygens (including phenoxy) is 1. The summed E-state index contributed by atoms with van der Waals surface area (Å²) in [6, 6.07) is 1.66. The summed E-state index contributed by atoms with van der Waals surface area (Å²) >= 11 is 0. The van der Waals surface area contributed by atoms with E-state index in [1.165, 1.54) is 0 Å². The normalized spacial score (nSPS) is 14.0. The van der Waals surface area contributed by atoms with Crippen LogP contribution in [0.25, 0.3) is 0 Å². The molecule has 0 aromatic heterocycles. The zero-order valence-corrected chi connectivity index (χ0v) is 14.1. The molecule has 0 aliphatic rings. The fourth-order valence-corrected chi connectivity index (χ4v) is 1.92. The molecule has 0 radical (unpaired) electrons. The second-order valence-electron chi connectivity index (χ2n) is 6.49. The van der Waals surface area contributed by atoms with Gasteiger partial charge in [0.05, 0.1) is 5.56 Å². The smallest absolute Gasteiger partial charge is 0.329 e. The number of amides is 1. The second kappa shape index (κ2) is 7.53. The molecule has 23 heavy (non-hydrogen) atoms. The molecule has 0 bridgehead atoms. The number of rotatable bonds is 5. The van der Waals surface area contributed by atoms with Crippen molar-refractivity contribution >= 4 is 11.9 Å². The summed E-state index contributed by atoms with van der Waals surface area (Å²) in [6.07, 6.45) is 0.607. The molecule has 0 aliphatic carbocycles. The molecule has 0 saturated carbocycles. The van der Waals surface area contributed by atoms with Crippen molar-refractivity contribution in [2.75, 3.05) is 0 Å². The predicted molar refractivity (Wildman–Crippen MR) is 82.9 cm³/mol. The van der Waals surface area contributed by atoms with Gasteiger partial charge in [0.15, 0.2) is 0 Å². The van der Waals surface area contributed by atoms with Crippen LogP contribution >= 0.6 is 0 Å². The fraction of sp³-hybridized carbons (Fsp3) is 0.529. The highest BCUT2D eigenvalue weighted by molar-refractivity contribution is 5.97. The molecule has 1 N–H and O–H groups in total. The molecular weight excluding hydrogens is 304 g/mol. The monoisotopic (exact) mass is 327 g/mol. The van der Waals surface area contributed by atoms with Gasteiger partial charge in [-0.3, -0.25) is 4.79 Å². The van der Waals surface area contributed by atoms with Crippen molar-refractivity contribution in [3.05, 3.63) is 35.4 Å². The van der Waals surface area contributed by atoms with Crippen molar-refractivity contribution in [3.63, 3.8) is 0 Å². The number of carbonyl (C=O) groups excluding carboxylic acids is 2. The summed E-state index contributed by atoms with van der Waals surface area (Å²) in [7, 11) is 0. The Balaban J connectivity index is 2.99. The maximum absolute atomic E-state index is 13.7. The highest BCUT2D eigenvalue weighted by Crippen LogP contribution is 2.16. The summed E-state index contributed by atoms with van der Waals surface area (Å²) in [4.78, 5) is 24.5. The minimum atomic E-state index is -0.936. The number of benzene rings is 1. The number of hydrogen-bond acceptors (Lipinski definition) is 3. The predicted octanol–water partition coefficient (Wildman–Crippen LogP) is 3.45. The van der Waals surface area contributed by atoms with Gasteiger partial charge >= 0.3 is 5.97 Å². The third-order valence-electron chi connectivity index (χ3n) is 3.33. The number of hydrogen-bond donors (Lipinski definition) is 1. The van der Waals surface area contributed by atoms with E-state index in [-0.39, 0.29) is 5.92 Å². The molecule has 0 spiro atoms. The molecule has 0 saturated heterocycles. The average molecular weight is 327 g/mol. The van der Waals surface area contributed by atoms with Gasteiger partial charge < -0.3 is 10.1 Å². The maximum atomic E-state index is 13.7. The summed E-state index contributed by atoms with van der Waals surface area (Å²) in [5.74, 6) is -3.24.